The van der Waals surface area contributed by atoms with Gasteiger partial charge in [-0.1, -0.05) is 12.1 Å². The van der Waals surface area contributed by atoms with Crippen molar-refractivity contribution in [2.75, 3.05) is 24.7 Å². The van der Waals surface area contributed by atoms with Crippen molar-refractivity contribution in [1.82, 2.24) is 15.1 Å². The first-order valence-corrected chi connectivity index (χ1v) is 6.31. The summed E-state index contributed by atoms with van der Waals surface area (Å²) in [5, 5.41) is 6.78. The van der Waals surface area contributed by atoms with E-state index in [1.807, 2.05) is 43.3 Å². The van der Waals surface area contributed by atoms with Crippen LogP contribution < -0.4 is 16.0 Å². The summed E-state index contributed by atoms with van der Waals surface area (Å²) in [4.78, 5) is 14.0. The predicted molar refractivity (Wildman–Crippen MR) is 79.6 cm³/mol. The molecule has 0 aliphatic carbocycles. The third-order valence-electron chi connectivity index (χ3n) is 3.14. The van der Waals surface area contributed by atoms with Crippen molar-refractivity contribution in [1.29, 1.82) is 0 Å². The van der Waals surface area contributed by atoms with Crippen LogP contribution in [0.1, 0.15) is 15.9 Å². The number of carbonyl (C=O) groups is 1. The normalized spacial score (nSPS) is 10.3. The molecule has 0 radical (unpaired) electrons. The zero-order valence-corrected chi connectivity index (χ0v) is 11.9. The maximum absolute atomic E-state index is 12.0. The van der Waals surface area contributed by atoms with Gasteiger partial charge in [-0.15, -0.1) is 0 Å². The van der Waals surface area contributed by atoms with Crippen LogP contribution in [0.25, 0.3) is 0 Å². The van der Waals surface area contributed by atoms with Gasteiger partial charge in [0.2, 0.25) is 0 Å². The second-order valence-electron chi connectivity index (χ2n) is 4.81. The minimum atomic E-state index is -0.215. The molecule has 1 amide bonds. The Morgan fingerprint density at radius 1 is 1.35 bits per heavy atom. The summed E-state index contributed by atoms with van der Waals surface area (Å²) in [5.41, 5.74) is 8.32. The van der Waals surface area contributed by atoms with Crippen LogP contribution >= 0.6 is 0 Å². The highest BCUT2D eigenvalue weighted by Crippen LogP contribution is 2.13. The van der Waals surface area contributed by atoms with Gasteiger partial charge in [0, 0.05) is 33.4 Å². The lowest BCUT2D eigenvalue weighted by Crippen LogP contribution is -2.23. The number of carbonyl (C=O) groups excluding carboxylic acids is 1. The molecule has 0 fully saturated rings. The van der Waals surface area contributed by atoms with E-state index < -0.39 is 0 Å². The van der Waals surface area contributed by atoms with E-state index in [1.165, 1.54) is 10.9 Å². The topological polar surface area (TPSA) is 76.2 Å². The SMILES string of the molecule is CN(C)c1ccc(CNC(=O)c2cnn(C)c2N)cc1. The highest BCUT2D eigenvalue weighted by molar-refractivity contribution is 5.98. The Balaban J connectivity index is 1.98. The van der Waals surface area contributed by atoms with Crippen LogP contribution in [0.2, 0.25) is 0 Å². The number of aryl methyl sites for hydroxylation is 1. The fraction of sp³-hybridized carbons (Fsp3) is 0.286. The molecule has 1 aromatic carbocycles. The zero-order chi connectivity index (χ0) is 14.7. The van der Waals surface area contributed by atoms with Gasteiger partial charge in [0.1, 0.15) is 11.4 Å². The average Bonchev–Trinajstić information content (AvgIpc) is 2.77. The summed E-state index contributed by atoms with van der Waals surface area (Å²) in [5.74, 6) is 0.151. The van der Waals surface area contributed by atoms with Gasteiger partial charge in [-0.3, -0.25) is 9.48 Å². The molecule has 1 aromatic heterocycles. The minimum absolute atomic E-state index is 0.215. The van der Waals surface area contributed by atoms with Crippen LogP contribution in [-0.2, 0) is 13.6 Å². The molecule has 0 saturated heterocycles. The summed E-state index contributed by atoms with van der Waals surface area (Å²) in [6.07, 6.45) is 1.47. The number of anilines is 2. The van der Waals surface area contributed by atoms with E-state index in [9.17, 15) is 4.79 Å². The first-order valence-electron chi connectivity index (χ1n) is 6.31. The van der Waals surface area contributed by atoms with Crippen molar-refractivity contribution >= 4 is 17.4 Å². The lowest BCUT2D eigenvalue weighted by molar-refractivity contribution is 0.0952. The van der Waals surface area contributed by atoms with Crippen LogP contribution in [0, 0.1) is 0 Å². The highest BCUT2D eigenvalue weighted by Gasteiger charge is 2.12. The third-order valence-corrected chi connectivity index (χ3v) is 3.14. The fourth-order valence-electron chi connectivity index (χ4n) is 1.81. The number of aromatic nitrogens is 2. The molecule has 0 aliphatic rings. The van der Waals surface area contributed by atoms with Crippen molar-refractivity contribution < 1.29 is 4.79 Å². The van der Waals surface area contributed by atoms with Crippen LogP contribution in [0.15, 0.2) is 30.5 Å². The number of nitrogens with one attached hydrogen (secondary N) is 1. The number of hydrogen-bond acceptors (Lipinski definition) is 4. The fourth-order valence-corrected chi connectivity index (χ4v) is 1.81. The van der Waals surface area contributed by atoms with Gasteiger partial charge in [-0.2, -0.15) is 5.10 Å². The molecule has 0 atom stereocenters. The van der Waals surface area contributed by atoms with Gasteiger partial charge in [0.05, 0.1) is 6.20 Å². The van der Waals surface area contributed by atoms with E-state index in [2.05, 4.69) is 10.4 Å². The second-order valence-corrected chi connectivity index (χ2v) is 4.81. The maximum atomic E-state index is 12.0. The van der Waals surface area contributed by atoms with E-state index in [4.69, 9.17) is 5.73 Å². The van der Waals surface area contributed by atoms with Gasteiger partial charge < -0.3 is 16.0 Å². The van der Waals surface area contributed by atoms with E-state index in [0.717, 1.165) is 11.3 Å². The summed E-state index contributed by atoms with van der Waals surface area (Å²) in [7, 11) is 5.68. The molecule has 0 saturated carbocycles. The molecule has 1 heterocycles. The molecule has 3 N–H and O–H groups in total. The van der Waals surface area contributed by atoms with Crippen molar-refractivity contribution in [3.05, 3.63) is 41.6 Å². The molecule has 2 rings (SSSR count). The van der Waals surface area contributed by atoms with Crippen LogP contribution in [-0.4, -0.2) is 29.8 Å². The quantitative estimate of drug-likeness (QED) is 0.871. The summed E-state index contributed by atoms with van der Waals surface area (Å²) in [6, 6.07) is 8.00. The number of hydrogen-bond donors (Lipinski definition) is 2. The molecule has 0 aliphatic heterocycles. The third kappa shape index (κ3) is 2.90. The first-order chi connectivity index (χ1) is 9.49. The van der Waals surface area contributed by atoms with Gasteiger partial charge in [0.15, 0.2) is 0 Å². The number of nitrogens with zero attached hydrogens (tertiary/aromatic N) is 3. The lowest BCUT2D eigenvalue weighted by Gasteiger charge is -2.12. The smallest absolute Gasteiger partial charge is 0.256 e. The molecule has 0 bridgehead atoms. The molecular weight excluding hydrogens is 254 g/mol. The van der Waals surface area contributed by atoms with Gasteiger partial charge in [-0.05, 0) is 17.7 Å². The highest BCUT2D eigenvalue weighted by atomic mass is 16.1. The van der Waals surface area contributed by atoms with Crippen LogP contribution in [0.3, 0.4) is 0 Å². The Hall–Kier alpha value is -2.50. The zero-order valence-electron chi connectivity index (χ0n) is 11.9. The Morgan fingerprint density at radius 2 is 2.00 bits per heavy atom. The molecular formula is C14H19N5O. The van der Waals surface area contributed by atoms with E-state index in [0.29, 0.717) is 17.9 Å². The molecule has 2 aromatic rings. The van der Waals surface area contributed by atoms with E-state index in [1.54, 1.807) is 7.05 Å². The molecule has 0 unspecified atom stereocenters. The van der Waals surface area contributed by atoms with Crippen molar-refractivity contribution in [2.45, 2.75) is 6.54 Å². The Morgan fingerprint density at radius 3 is 2.50 bits per heavy atom. The van der Waals surface area contributed by atoms with Crippen molar-refractivity contribution in [2.24, 2.45) is 7.05 Å². The van der Waals surface area contributed by atoms with E-state index in [-0.39, 0.29) is 5.91 Å². The largest absolute Gasteiger partial charge is 0.383 e. The molecule has 20 heavy (non-hydrogen) atoms. The summed E-state index contributed by atoms with van der Waals surface area (Å²) < 4.78 is 1.47. The standard InChI is InChI=1S/C14H19N5O/c1-18(2)11-6-4-10(5-7-11)8-16-14(20)12-9-17-19(3)13(12)15/h4-7,9H,8,15H2,1-3H3,(H,16,20). The van der Waals surface area contributed by atoms with Crippen LogP contribution in [0.4, 0.5) is 11.5 Å². The van der Waals surface area contributed by atoms with E-state index >= 15 is 0 Å². The lowest BCUT2D eigenvalue weighted by atomic mass is 10.2. The Bertz CT molecular complexity index is 601. The predicted octanol–water partition coefficient (Wildman–Crippen LogP) is 0.998. The summed E-state index contributed by atoms with van der Waals surface area (Å²) in [6.45, 7) is 0.459. The van der Waals surface area contributed by atoms with Crippen molar-refractivity contribution in [3.63, 3.8) is 0 Å². The first kappa shape index (κ1) is 13.9. The molecule has 106 valence electrons. The summed E-state index contributed by atoms with van der Waals surface area (Å²) >= 11 is 0. The number of rotatable bonds is 4. The Labute approximate surface area is 118 Å². The maximum Gasteiger partial charge on any atom is 0.256 e. The molecule has 0 spiro atoms. The van der Waals surface area contributed by atoms with Gasteiger partial charge >= 0.3 is 0 Å². The monoisotopic (exact) mass is 273 g/mol. The van der Waals surface area contributed by atoms with Gasteiger partial charge in [-0.25, -0.2) is 0 Å². The van der Waals surface area contributed by atoms with Crippen molar-refractivity contribution in [3.8, 4) is 0 Å². The van der Waals surface area contributed by atoms with Gasteiger partial charge in [0.25, 0.3) is 5.91 Å². The second kappa shape index (κ2) is 5.64. The number of nitrogen functional groups attached to an aromatic ring is 1. The average molecular weight is 273 g/mol. The molecule has 6 nitrogen and oxygen atoms in total. The number of benzene rings is 1. The number of nitrogens with two attached hydrogens (primary N) is 1. The number of amides is 1. The Kier molecular flexibility index (Phi) is 3.93. The molecule has 6 heteroatoms. The van der Waals surface area contributed by atoms with Crippen LogP contribution in [0.5, 0.6) is 0 Å². The minimum Gasteiger partial charge on any atom is -0.383 e.